The van der Waals surface area contributed by atoms with Crippen molar-refractivity contribution in [2.24, 2.45) is 5.73 Å². The Morgan fingerprint density at radius 2 is 2.09 bits per heavy atom. The molecule has 1 aromatic rings. The molecule has 0 saturated carbocycles. The van der Waals surface area contributed by atoms with Crippen molar-refractivity contribution < 1.29 is 24.7 Å². The molecule has 0 aliphatic carbocycles. The second-order valence-corrected chi connectivity index (χ2v) is 5.38. The standard InChI is InChI=1S/C12H14BrN3O6/c13-7-1-6(12(20)9(3-7)16(21)22)2-8(4-11(18)19)15-10(17)5-14/h1,3,8,20H,2,4-5,14H2,(H,15,17)(H,18,19). The van der Waals surface area contributed by atoms with Crippen molar-refractivity contribution >= 4 is 33.5 Å². The van der Waals surface area contributed by atoms with E-state index in [1.165, 1.54) is 6.07 Å². The first-order valence-electron chi connectivity index (χ1n) is 6.11. The lowest BCUT2D eigenvalue weighted by molar-refractivity contribution is -0.386. The van der Waals surface area contributed by atoms with Gasteiger partial charge in [-0.05, 0) is 12.5 Å². The number of nitrogens with zero attached hydrogens (tertiary/aromatic N) is 1. The van der Waals surface area contributed by atoms with Gasteiger partial charge in [-0.3, -0.25) is 19.7 Å². The number of halogens is 1. The van der Waals surface area contributed by atoms with Gasteiger partial charge in [0.05, 0.1) is 17.9 Å². The molecule has 0 fully saturated rings. The molecular formula is C12H14BrN3O6. The van der Waals surface area contributed by atoms with Gasteiger partial charge in [0.15, 0.2) is 5.75 Å². The fourth-order valence-electron chi connectivity index (χ4n) is 1.87. The number of carbonyl (C=O) groups excluding carboxylic acids is 1. The van der Waals surface area contributed by atoms with Crippen LogP contribution in [0.15, 0.2) is 16.6 Å². The van der Waals surface area contributed by atoms with Crippen LogP contribution >= 0.6 is 15.9 Å². The molecule has 10 heteroatoms. The Morgan fingerprint density at radius 1 is 1.45 bits per heavy atom. The van der Waals surface area contributed by atoms with Crippen molar-refractivity contribution in [3.63, 3.8) is 0 Å². The first kappa shape index (κ1) is 17.9. The van der Waals surface area contributed by atoms with Gasteiger partial charge < -0.3 is 21.3 Å². The van der Waals surface area contributed by atoms with Crippen LogP contribution in [-0.2, 0) is 16.0 Å². The number of aliphatic carboxylic acids is 1. The van der Waals surface area contributed by atoms with Crippen LogP contribution in [-0.4, -0.2) is 39.6 Å². The quantitative estimate of drug-likeness (QED) is 0.399. The minimum Gasteiger partial charge on any atom is -0.502 e. The second kappa shape index (κ2) is 7.71. The fourth-order valence-corrected chi connectivity index (χ4v) is 2.36. The van der Waals surface area contributed by atoms with Gasteiger partial charge in [-0.2, -0.15) is 0 Å². The summed E-state index contributed by atoms with van der Waals surface area (Å²) < 4.78 is 0.353. The topological polar surface area (TPSA) is 156 Å². The molecule has 0 bridgehead atoms. The normalized spacial score (nSPS) is 11.7. The predicted octanol–water partition coefficient (Wildman–Crippen LogP) is 0.524. The summed E-state index contributed by atoms with van der Waals surface area (Å²) in [6.07, 6.45) is -0.504. The molecule has 0 saturated heterocycles. The lowest BCUT2D eigenvalue weighted by atomic mass is 10.0. The molecule has 9 nitrogen and oxygen atoms in total. The van der Waals surface area contributed by atoms with Crippen LogP contribution in [0.4, 0.5) is 5.69 Å². The predicted molar refractivity (Wildman–Crippen MR) is 79.4 cm³/mol. The number of benzene rings is 1. The van der Waals surface area contributed by atoms with E-state index < -0.39 is 40.7 Å². The summed E-state index contributed by atoms with van der Waals surface area (Å²) in [4.78, 5) is 32.2. The highest BCUT2D eigenvalue weighted by atomic mass is 79.9. The van der Waals surface area contributed by atoms with E-state index in [1.807, 2.05) is 0 Å². The third-order valence-electron chi connectivity index (χ3n) is 2.77. The molecule has 0 radical (unpaired) electrons. The lowest BCUT2D eigenvalue weighted by Crippen LogP contribution is -2.41. The maximum atomic E-state index is 11.3. The number of nitro benzene ring substituents is 1. The smallest absolute Gasteiger partial charge is 0.312 e. The molecule has 1 unspecified atom stereocenters. The average molecular weight is 376 g/mol. The number of carboxylic acid groups (broad SMARTS) is 1. The van der Waals surface area contributed by atoms with E-state index in [2.05, 4.69) is 21.2 Å². The number of hydrogen-bond donors (Lipinski definition) is 4. The molecule has 1 aromatic carbocycles. The van der Waals surface area contributed by atoms with E-state index >= 15 is 0 Å². The van der Waals surface area contributed by atoms with Crippen LogP contribution in [0.25, 0.3) is 0 Å². The minimum absolute atomic E-state index is 0.0931. The summed E-state index contributed by atoms with van der Waals surface area (Å²) in [5.74, 6) is -2.29. The molecule has 0 aromatic heterocycles. The lowest BCUT2D eigenvalue weighted by Gasteiger charge is -2.17. The third-order valence-corrected chi connectivity index (χ3v) is 3.23. The summed E-state index contributed by atoms with van der Waals surface area (Å²) >= 11 is 3.08. The van der Waals surface area contributed by atoms with Crippen molar-refractivity contribution in [1.29, 1.82) is 0 Å². The molecule has 120 valence electrons. The third kappa shape index (κ3) is 4.97. The number of rotatable bonds is 7. The number of aromatic hydroxyl groups is 1. The molecule has 0 spiro atoms. The first-order chi connectivity index (χ1) is 10.2. The van der Waals surface area contributed by atoms with Crippen LogP contribution in [0.3, 0.4) is 0 Å². The Labute approximate surface area is 133 Å². The van der Waals surface area contributed by atoms with E-state index in [4.69, 9.17) is 10.8 Å². The van der Waals surface area contributed by atoms with Gasteiger partial charge in [-0.1, -0.05) is 15.9 Å². The van der Waals surface area contributed by atoms with E-state index in [0.29, 0.717) is 4.47 Å². The number of nitrogens with two attached hydrogens (primary N) is 1. The summed E-state index contributed by atoms with van der Waals surface area (Å²) in [6.45, 7) is -0.319. The molecular weight excluding hydrogens is 362 g/mol. The number of amides is 1. The fraction of sp³-hybridized carbons (Fsp3) is 0.333. The van der Waals surface area contributed by atoms with Crippen molar-refractivity contribution in [2.75, 3.05) is 6.54 Å². The maximum Gasteiger partial charge on any atom is 0.312 e. The van der Waals surface area contributed by atoms with Gasteiger partial charge in [-0.25, -0.2) is 0 Å². The number of hydrogen-bond acceptors (Lipinski definition) is 6. The number of phenols is 1. The zero-order chi connectivity index (χ0) is 16.9. The summed E-state index contributed by atoms with van der Waals surface area (Å²) in [6, 6.07) is 1.70. The number of carbonyl (C=O) groups is 2. The van der Waals surface area contributed by atoms with Gasteiger partial charge in [-0.15, -0.1) is 0 Å². The Kier molecular flexibility index (Phi) is 6.25. The van der Waals surface area contributed by atoms with Crippen LogP contribution in [0, 0.1) is 10.1 Å². The van der Waals surface area contributed by atoms with E-state index in [1.54, 1.807) is 0 Å². The van der Waals surface area contributed by atoms with Gasteiger partial charge >= 0.3 is 11.7 Å². The molecule has 0 aliphatic rings. The van der Waals surface area contributed by atoms with Crippen molar-refractivity contribution in [3.05, 3.63) is 32.3 Å². The van der Waals surface area contributed by atoms with E-state index in [0.717, 1.165) is 6.07 Å². The van der Waals surface area contributed by atoms with Gasteiger partial charge in [0, 0.05) is 22.1 Å². The summed E-state index contributed by atoms with van der Waals surface area (Å²) in [5, 5.41) is 32.0. The van der Waals surface area contributed by atoms with Crippen molar-refractivity contribution in [3.8, 4) is 5.75 Å². The Morgan fingerprint density at radius 3 is 2.59 bits per heavy atom. The molecule has 5 N–H and O–H groups in total. The summed E-state index contributed by atoms with van der Waals surface area (Å²) in [7, 11) is 0. The van der Waals surface area contributed by atoms with Gasteiger partial charge in [0.2, 0.25) is 5.91 Å². The molecule has 1 rings (SSSR count). The van der Waals surface area contributed by atoms with Gasteiger partial charge in [0.1, 0.15) is 0 Å². The van der Waals surface area contributed by atoms with E-state index in [9.17, 15) is 24.8 Å². The highest BCUT2D eigenvalue weighted by molar-refractivity contribution is 9.10. The zero-order valence-electron chi connectivity index (χ0n) is 11.3. The molecule has 22 heavy (non-hydrogen) atoms. The zero-order valence-corrected chi connectivity index (χ0v) is 12.9. The highest BCUT2D eigenvalue weighted by Gasteiger charge is 2.23. The van der Waals surface area contributed by atoms with Gasteiger partial charge in [0.25, 0.3) is 0 Å². The first-order valence-corrected chi connectivity index (χ1v) is 6.90. The van der Waals surface area contributed by atoms with Crippen LogP contribution in [0.2, 0.25) is 0 Å². The Bertz CT molecular complexity index is 607. The van der Waals surface area contributed by atoms with Crippen molar-refractivity contribution in [2.45, 2.75) is 18.9 Å². The molecule has 1 atom stereocenters. The highest BCUT2D eigenvalue weighted by Crippen LogP contribution is 2.34. The molecule has 0 aliphatic heterocycles. The van der Waals surface area contributed by atoms with Crippen LogP contribution in [0.1, 0.15) is 12.0 Å². The van der Waals surface area contributed by atoms with Crippen molar-refractivity contribution in [1.82, 2.24) is 5.32 Å². The summed E-state index contributed by atoms with van der Waals surface area (Å²) in [5.41, 5.74) is 4.79. The monoisotopic (exact) mass is 375 g/mol. The largest absolute Gasteiger partial charge is 0.502 e. The van der Waals surface area contributed by atoms with Crippen LogP contribution in [0.5, 0.6) is 5.75 Å². The van der Waals surface area contributed by atoms with Crippen LogP contribution < -0.4 is 11.1 Å². The Balaban J connectivity index is 3.09. The average Bonchev–Trinajstić information content (AvgIpc) is 2.41. The molecule has 0 heterocycles. The number of phenolic OH excluding ortho intramolecular Hbond substituents is 1. The number of nitro groups is 1. The molecule has 1 amide bonds. The second-order valence-electron chi connectivity index (χ2n) is 4.46. The SMILES string of the molecule is NCC(=O)NC(CC(=O)O)Cc1cc(Br)cc([N+](=O)[O-])c1O. The maximum absolute atomic E-state index is 11.3. The van der Waals surface area contributed by atoms with E-state index in [-0.39, 0.29) is 18.5 Å². The Hall–Kier alpha value is -2.20. The number of nitrogens with one attached hydrogen (secondary N) is 1. The number of carboxylic acids is 1. The minimum atomic E-state index is -1.16.